The molecule has 2 aromatic carbocycles. The maximum Gasteiger partial charge on any atom is 0.170 e. The molecule has 0 aliphatic heterocycles. The lowest BCUT2D eigenvalue weighted by Crippen LogP contribution is -2.63. The van der Waals surface area contributed by atoms with Gasteiger partial charge in [0.25, 0.3) is 0 Å². The van der Waals surface area contributed by atoms with Crippen molar-refractivity contribution in [2.75, 3.05) is 33.0 Å². The number of thiazole rings is 1. The molecule has 4 aromatic rings. The van der Waals surface area contributed by atoms with Gasteiger partial charge < -0.3 is 20.7 Å². The molecule has 2 aromatic heterocycles. The fourth-order valence-corrected chi connectivity index (χ4v) is 4.45. The van der Waals surface area contributed by atoms with E-state index in [0.29, 0.717) is 11.6 Å². The van der Waals surface area contributed by atoms with E-state index in [0.717, 1.165) is 44.5 Å². The Bertz CT molecular complexity index is 1330. The van der Waals surface area contributed by atoms with Crippen molar-refractivity contribution >= 4 is 55.7 Å². The van der Waals surface area contributed by atoms with Gasteiger partial charge in [-0.1, -0.05) is 0 Å². The second-order valence-corrected chi connectivity index (χ2v) is 8.88. The number of allylic oxidation sites excluding steroid dienone is 1. The third kappa shape index (κ3) is 5.10. The predicted octanol–water partition coefficient (Wildman–Crippen LogP) is 2.39. The van der Waals surface area contributed by atoms with Gasteiger partial charge in [-0.25, -0.2) is 15.0 Å². The van der Waals surface area contributed by atoms with Crippen LogP contribution in [0.3, 0.4) is 0 Å². The predicted molar refractivity (Wildman–Crippen MR) is 136 cm³/mol. The Morgan fingerprint density at radius 1 is 1.21 bits per heavy atom. The van der Waals surface area contributed by atoms with Crippen LogP contribution in [0, 0.1) is 0 Å². The molecule has 0 bridgehead atoms. The van der Waals surface area contributed by atoms with Crippen LogP contribution in [0.2, 0.25) is 0 Å². The van der Waals surface area contributed by atoms with E-state index in [2.05, 4.69) is 36.2 Å². The van der Waals surface area contributed by atoms with Gasteiger partial charge in [0, 0.05) is 18.4 Å². The van der Waals surface area contributed by atoms with Crippen LogP contribution in [0.1, 0.15) is 12.5 Å². The van der Waals surface area contributed by atoms with Gasteiger partial charge in [0.1, 0.15) is 31.0 Å². The second kappa shape index (κ2) is 9.93. The lowest BCUT2D eigenvalue weighted by molar-refractivity contribution is -0.412. The van der Waals surface area contributed by atoms with Crippen molar-refractivity contribution in [1.29, 1.82) is 0 Å². The first kappa shape index (κ1) is 22.6. The first-order valence-corrected chi connectivity index (χ1v) is 11.5. The number of likely N-dealkylation sites (N-methyl/N-ethyl adjacent to an activating group) is 1. The summed E-state index contributed by atoms with van der Waals surface area (Å²) in [4.78, 5) is 18.6. The smallest absolute Gasteiger partial charge is 0.170 e. The average Bonchev–Trinajstić information content (AvgIpc) is 3.24. The summed E-state index contributed by atoms with van der Waals surface area (Å²) >= 11 is 1.60. The van der Waals surface area contributed by atoms with E-state index in [1.54, 1.807) is 23.9 Å². The number of benzene rings is 2. The summed E-state index contributed by atoms with van der Waals surface area (Å²) in [6.07, 6.45) is 4.92. The molecule has 9 heteroatoms. The maximum absolute atomic E-state index is 6.42. The summed E-state index contributed by atoms with van der Waals surface area (Å²) in [6.45, 7) is 2.82. The van der Waals surface area contributed by atoms with Crippen LogP contribution in [-0.4, -0.2) is 59.9 Å². The number of hydrogen-bond acceptors (Lipinski definition) is 8. The molecular formula is C24H28N7OS+. The number of nitrogens with one attached hydrogen (secondary N) is 2. The van der Waals surface area contributed by atoms with Crippen molar-refractivity contribution in [3.05, 3.63) is 53.9 Å². The molecule has 0 fully saturated rings. The zero-order valence-electron chi connectivity index (χ0n) is 19.2. The topological polar surface area (TPSA) is 103 Å². The molecule has 8 nitrogen and oxygen atoms in total. The minimum atomic E-state index is -0.0429. The summed E-state index contributed by atoms with van der Waals surface area (Å²) in [6, 6.07) is 10.0. The largest absolute Gasteiger partial charge is 0.489 e. The molecule has 33 heavy (non-hydrogen) atoms. The SMILES string of the molecule is C[NH+]=C/C(=C\N)c1cc(O[C@H](C)CN(C)C)c2c(Nc3ccc4ncsc4c3)ncnc2c1. The first-order chi connectivity index (χ1) is 16.0. The van der Waals surface area contributed by atoms with Gasteiger partial charge in [-0.05, 0) is 56.9 Å². The highest BCUT2D eigenvalue weighted by molar-refractivity contribution is 7.16. The number of hydrogen-bond donors (Lipinski definition) is 3. The number of nitrogens with two attached hydrogens (primary N) is 1. The van der Waals surface area contributed by atoms with Gasteiger partial charge in [0.2, 0.25) is 0 Å². The molecule has 2 heterocycles. The van der Waals surface area contributed by atoms with Gasteiger partial charge in [-0.3, -0.25) is 4.99 Å². The molecular weight excluding hydrogens is 434 g/mol. The van der Waals surface area contributed by atoms with Gasteiger partial charge >= 0.3 is 0 Å². The Kier molecular flexibility index (Phi) is 6.81. The molecule has 0 aliphatic rings. The van der Waals surface area contributed by atoms with Crippen LogP contribution in [0.5, 0.6) is 5.75 Å². The lowest BCUT2D eigenvalue weighted by Gasteiger charge is -2.21. The average molecular weight is 463 g/mol. The van der Waals surface area contributed by atoms with Crippen LogP contribution in [0.25, 0.3) is 26.7 Å². The van der Waals surface area contributed by atoms with Crippen LogP contribution in [0.15, 0.2) is 48.4 Å². The van der Waals surface area contributed by atoms with Crippen LogP contribution in [0.4, 0.5) is 11.5 Å². The summed E-state index contributed by atoms with van der Waals surface area (Å²) in [5, 5.41) is 4.27. The van der Waals surface area contributed by atoms with Gasteiger partial charge in [-0.2, -0.15) is 0 Å². The zero-order chi connectivity index (χ0) is 23.4. The Morgan fingerprint density at radius 2 is 2.06 bits per heavy atom. The molecule has 0 spiro atoms. The van der Waals surface area contributed by atoms with E-state index in [9.17, 15) is 0 Å². The Morgan fingerprint density at radius 3 is 2.82 bits per heavy atom. The lowest BCUT2D eigenvalue weighted by atomic mass is 10.0. The number of anilines is 2. The van der Waals surface area contributed by atoms with Gasteiger partial charge in [0.05, 0.1) is 32.2 Å². The van der Waals surface area contributed by atoms with Crippen molar-refractivity contribution < 1.29 is 9.73 Å². The van der Waals surface area contributed by atoms with Crippen molar-refractivity contribution in [2.24, 2.45) is 5.73 Å². The van der Waals surface area contributed by atoms with Crippen molar-refractivity contribution in [2.45, 2.75) is 13.0 Å². The minimum Gasteiger partial charge on any atom is -0.489 e. The second-order valence-electron chi connectivity index (χ2n) is 8.00. The van der Waals surface area contributed by atoms with Crippen molar-refractivity contribution in [1.82, 2.24) is 19.9 Å². The summed E-state index contributed by atoms with van der Waals surface area (Å²) in [5.74, 6) is 1.38. The normalized spacial score (nSPS) is 13.3. The summed E-state index contributed by atoms with van der Waals surface area (Å²) in [5.41, 5.74) is 12.1. The molecule has 0 unspecified atom stereocenters. The van der Waals surface area contributed by atoms with E-state index in [1.165, 1.54) is 0 Å². The maximum atomic E-state index is 6.42. The molecule has 4 rings (SSSR count). The van der Waals surface area contributed by atoms with E-state index < -0.39 is 0 Å². The van der Waals surface area contributed by atoms with E-state index >= 15 is 0 Å². The first-order valence-electron chi connectivity index (χ1n) is 10.6. The fraction of sp³-hybridized carbons (Fsp3) is 0.250. The molecule has 4 N–H and O–H groups in total. The van der Waals surface area contributed by atoms with Crippen molar-refractivity contribution in [3.63, 3.8) is 0 Å². The third-order valence-electron chi connectivity index (χ3n) is 5.06. The highest BCUT2D eigenvalue weighted by Crippen LogP contribution is 2.35. The zero-order valence-corrected chi connectivity index (χ0v) is 20.0. The monoisotopic (exact) mass is 462 g/mol. The van der Waals surface area contributed by atoms with Gasteiger partial charge in [-0.15, -0.1) is 11.3 Å². The van der Waals surface area contributed by atoms with Crippen LogP contribution >= 0.6 is 11.3 Å². The summed E-state index contributed by atoms with van der Waals surface area (Å²) in [7, 11) is 5.89. The fourth-order valence-electron chi connectivity index (χ4n) is 3.73. The Hall–Kier alpha value is -3.56. The molecule has 1 atom stereocenters. The summed E-state index contributed by atoms with van der Waals surface area (Å²) < 4.78 is 7.52. The molecule has 0 saturated heterocycles. The molecule has 0 aliphatic carbocycles. The molecule has 0 saturated carbocycles. The quantitative estimate of drug-likeness (QED) is 0.346. The highest BCUT2D eigenvalue weighted by atomic mass is 32.1. The number of nitrogens with zero attached hydrogens (tertiary/aromatic N) is 4. The van der Waals surface area contributed by atoms with E-state index in [1.807, 2.05) is 64.1 Å². The minimum absolute atomic E-state index is 0.0429. The number of ether oxygens (including phenoxy) is 1. The number of fused-ring (bicyclic) bond motifs is 2. The number of rotatable bonds is 8. The number of aromatic nitrogens is 3. The molecule has 0 amide bonds. The van der Waals surface area contributed by atoms with Crippen LogP contribution < -0.4 is 20.8 Å². The Balaban J connectivity index is 1.82. The molecule has 170 valence electrons. The standard InChI is InChI=1S/C24H27N7OS/c1-15(12-31(3)4)32-21-8-16(17(10-25)11-26-2)7-20-23(21)24(28-13-27-20)30-18-5-6-19-22(9-18)33-14-29-19/h5-11,13-15H,12,25H2,1-4H3,(H,27,28,30)/p+1/b17-10+,26-11?/t15-/m1/s1. The van der Waals surface area contributed by atoms with E-state index in [-0.39, 0.29) is 6.10 Å². The van der Waals surface area contributed by atoms with Gasteiger partial charge in [0.15, 0.2) is 6.21 Å². The molecule has 0 radical (unpaired) electrons. The van der Waals surface area contributed by atoms with Crippen LogP contribution in [-0.2, 0) is 0 Å². The van der Waals surface area contributed by atoms with Crippen molar-refractivity contribution in [3.8, 4) is 5.75 Å². The Labute approximate surface area is 196 Å². The van der Waals surface area contributed by atoms with E-state index in [4.69, 9.17) is 10.5 Å². The highest BCUT2D eigenvalue weighted by Gasteiger charge is 2.17. The third-order valence-corrected chi connectivity index (χ3v) is 5.85.